The molecule has 26 heavy (non-hydrogen) atoms. The number of esters is 1. The van der Waals surface area contributed by atoms with Crippen LogP contribution in [0.3, 0.4) is 0 Å². The minimum absolute atomic E-state index is 0.00162. The summed E-state index contributed by atoms with van der Waals surface area (Å²) in [6.07, 6.45) is 8.14. The van der Waals surface area contributed by atoms with Crippen molar-refractivity contribution >= 4 is 11.9 Å². The maximum absolute atomic E-state index is 13.0. The van der Waals surface area contributed by atoms with Gasteiger partial charge in [0.2, 0.25) is 5.91 Å². The number of aryl methyl sites for hydroxylation is 1. The Balaban J connectivity index is 1.83. The van der Waals surface area contributed by atoms with Crippen molar-refractivity contribution in [2.45, 2.75) is 77.2 Å². The number of carbonyl (C=O) groups excluding carboxylic acids is 2. The predicted octanol–water partition coefficient (Wildman–Crippen LogP) is 4.53. The van der Waals surface area contributed by atoms with Gasteiger partial charge in [-0.3, -0.25) is 4.79 Å². The van der Waals surface area contributed by atoms with Crippen LogP contribution in [0.4, 0.5) is 0 Å². The molecule has 1 fully saturated rings. The quantitative estimate of drug-likeness (QED) is 0.811. The van der Waals surface area contributed by atoms with E-state index in [9.17, 15) is 9.59 Å². The summed E-state index contributed by atoms with van der Waals surface area (Å²) in [6, 6.07) is 7.97. The predicted molar refractivity (Wildman–Crippen MR) is 102 cm³/mol. The highest BCUT2D eigenvalue weighted by molar-refractivity contribution is 5.96. The van der Waals surface area contributed by atoms with Crippen LogP contribution in [0.15, 0.2) is 35.5 Å². The molecular formula is C22H29NO3. The zero-order valence-corrected chi connectivity index (χ0v) is 15.8. The van der Waals surface area contributed by atoms with Gasteiger partial charge in [-0.05, 0) is 50.7 Å². The van der Waals surface area contributed by atoms with Crippen molar-refractivity contribution in [3.05, 3.63) is 46.7 Å². The summed E-state index contributed by atoms with van der Waals surface area (Å²) in [5.41, 5.74) is 3.37. The van der Waals surface area contributed by atoms with Gasteiger partial charge in [0.25, 0.3) is 0 Å². The average molecular weight is 355 g/mol. The first kappa shape index (κ1) is 18.7. The first-order valence-corrected chi connectivity index (χ1v) is 9.83. The monoisotopic (exact) mass is 355 g/mol. The normalized spacial score (nSPS) is 22.4. The summed E-state index contributed by atoms with van der Waals surface area (Å²) in [6.45, 7) is 3.83. The lowest BCUT2D eigenvalue weighted by Gasteiger charge is -2.29. The molecule has 2 aliphatic rings. The third-order valence-electron chi connectivity index (χ3n) is 5.58. The van der Waals surface area contributed by atoms with Gasteiger partial charge in [0.1, 0.15) is 6.10 Å². The summed E-state index contributed by atoms with van der Waals surface area (Å²) in [7, 11) is 0. The lowest BCUT2D eigenvalue weighted by Crippen LogP contribution is -2.35. The van der Waals surface area contributed by atoms with E-state index in [-0.39, 0.29) is 30.3 Å². The first-order chi connectivity index (χ1) is 12.6. The number of allylic oxidation sites excluding steroid dienone is 1. The molecule has 1 amide bonds. The summed E-state index contributed by atoms with van der Waals surface area (Å²) in [4.78, 5) is 25.2. The number of ether oxygens (including phenoxy) is 1. The molecule has 1 aromatic carbocycles. The maximum Gasteiger partial charge on any atom is 0.336 e. The second kappa shape index (κ2) is 8.52. The fourth-order valence-electron chi connectivity index (χ4n) is 4.17. The highest BCUT2D eigenvalue weighted by Gasteiger charge is 2.34. The minimum atomic E-state index is -0.263. The topological polar surface area (TPSA) is 55.4 Å². The van der Waals surface area contributed by atoms with Crippen molar-refractivity contribution in [2.75, 3.05) is 0 Å². The lowest BCUT2D eigenvalue weighted by atomic mass is 9.82. The van der Waals surface area contributed by atoms with Crippen molar-refractivity contribution in [3.8, 4) is 0 Å². The van der Waals surface area contributed by atoms with Crippen LogP contribution in [0.1, 0.15) is 75.3 Å². The molecule has 1 aromatic rings. The van der Waals surface area contributed by atoms with Gasteiger partial charge in [-0.1, -0.05) is 43.5 Å². The molecule has 0 bridgehead atoms. The van der Waals surface area contributed by atoms with Crippen LogP contribution in [-0.4, -0.2) is 18.0 Å². The molecule has 1 heterocycles. The molecule has 3 rings (SSSR count). The van der Waals surface area contributed by atoms with Crippen LogP contribution in [0.5, 0.6) is 0 Å². The molecule has 0 aromatic heterocycles. The Kier molecular flexibility index (Phi) is 6.12. The molecule has 0 radical (unpaired) electrons. The minimum Gasteiger partial charge on any atom is -0.459 e. The Morgan fingerprint density at radius 1 is 1.04 bits per heavy atom. The van der Waals surface area contributed by atoms with Gasteiger partial charge in [-0.25, -0.2) is 4.79 Å². The summed E-state index contributed by atoms with van der Waals surface area (Å²) < 4.78 is 5.92. The van der Waals surface area contributed by atoms with E-state index in [0.717, 1.165) is 36.8 Å². The molecule has 1 aliphatic heterocycles. The van der Waals surface area contributed by atoms with Gasteiger partial charge in [0, 0.05) is 18.0 Å². The van der Waals surface area contributed by atoms with Gasteiger partial charge in [0.05, 0.1) is 5.57 Å². The van der Waals surface area contributed by atoms with Crippen molar-refractivity contribution in [3.63, 3.8) is 0 Å². The molecule has 0 saturated heterocycles. The fraction of sp³-hybridized carbons (Fsp3) is 0.545. The van der Waals surface area contributed by atoms with Crippen LogP contribution >= 0.6 is 0 Å². The average Bonchev–Trinajstić information content (AvgIpc) is 2.56. The Morgan fingerprint density at radius 3 is 2.38 bits per heavy atom. The van der Waals surface area contributed by atoms with E-state index in [1.165, 1.54) is 19.3 Å². The van der Waals surface area contributed by atoms with Crippen molar-refractivity contribution in [2.24, 2.45) is 0 Å². The summed E-state index contributed by atoms with van der Waals surface area (Å²) in [5, 5.41) is 2.83. The van der Waals surface area contributed by atoms with Crippen molar-refractivity contribution in [1.82, 2.24) is 5.32 Å². The molecule has 1 atom stereocenters. The zero-order chi connectivity index (χ0) is 18.5. The molecule has 1 saturated carbocycles. The number of rotatable bonds is 3. The standard InChI is InChI=1S/C22H29NO3/c1-15-10-8-9-13-18(15)19-14-20(24)23-16(2)21(19)22(25)26-17-11-6-4-3-5-7-12-17/h8-10,13,17,19H,3-7,11-12,14H2,1-2H3,(H,23,24). The van der Waals surface area contributed by atoms with Crippen LogP contribution < -0.4 is 5.32 Å². The van der Waals surface area contributed by atoms with E-state index in [4.69, 9.17) is 4.74 Å². The number of hydrogen-bond donors (Lipinski definition) is 1. The summed E-state index contributed by atoms with van der Waals surface area (Å²) in [5.74, 6) is -0.536. The van der Waals surface area contributed by atoms with Crippen molar-refractivity contribution in [1.29, 1.82) is 0 Å². The van der Waals surface area contributed by atoms with E-state index in [1.807, 2.05) is 31.2 Å². The van der Waals surface area contributed by atoms with Gasteiger partial charge < -0.3 is 10.1 Å². The maximum atomic E-state index is 13.0. The third kappa shape index (κ3) is 4.35. The summed E-state index contributed by atoms with van der Waals surface area (Å²) >= 11 is 0. The molecule has 1 aliphatic carbocycles. The van der Waals surface area contributed by atoms with E-state index in [1.54, 1.807) is 6.92 Å². The number of hydrogen-bond acceptors (Lipinski definition) is 3. The number of amides is 1. The molecule has 0 spiro atoms. The van der Waals surface area contributed by atoms with Crippen LogP contribution in [-0.2, 0) is 14.3 Å². The molecular weight excluding hydrogens is 326 g/mol. The Hall–Kier alpha value is -2.10. The molecule has 1 unspecified atom stereocenters. The Bertz CT molecular complexity index is 699. The molecule has 1 N–H and O–H groups in total. The number of benzene rings is 1. The van der Waals surface area contributed by atoms with Crippen LogP contribution in [0.25, 0.3) is 0 Å². The van der Waals surface area contributed by atoms with Gasteiger partial charge in [-0.2, -0.15) is 0 Å². The third-order valence-corrected chi connectivity index (χ3v) is 5.58. The lowest BCUT2D eigenvalue weighted by molar-refractivity contribution is -0.145. The SMILES string of the molecule is CC1=C(C(=O)OC2CCCCCCC2)C(c2ccccc2C)CC(=O)N1. The molecule has 4 nitrogen and oxygen atoms in total. The van der Waals surface area contributed by atoms with Gasteiger partial charge >= 0.3 is 5.97 Å². The number of carbonyl (C=O) groups is 2. The first-order valence-electron chi connectivity index (χ1n) is 9.83. The van der Waals surface area contributed by atoms with Gasteiger partial charge in [0.15, 0.2) is 0 Å². The Labute approximate surface area is 156 Å². The van der Waals surface area contributed by atoms with E-state index >= 15 is 0 Å². The fourth-order valence-corrected chi connectivity index (χ4v) is 4.17. The van der Waals surface area contributed by atoms with Crippen LogP contribution in [0.2, 0.25) is 0 Å². The van der Waals surface area contributed by atoms with E-state index < -0.39 is 0 Å². The van der Waals surface area contributed by atoms with Crippen molar-refractivity contribution < 1.29 is 14.3 Å². The Morgan fingerprint density at radius 2 is 1.69 bits per heavy atom. The highest BCUT2D eigenvalue weighted by atomic mass is 16.5. The largest absolute Gasteiger partial charge is 0.459 e. The second-order valence-corrected chi connectivity index (χ2v) is 7.57. The van der Waals surface area contributed by atoms with E-state index in [0.29, 0.717) is 11.3 Å². The smallest absolute Gasteiger partial charge is 0.336 e. The second-order valence-electron chi connectivity index (χ2n) is 7.57. The highest BCUT2D eigenvalue weighted by Crippen LogP contribution is 2.35. The molecule has 140 valence electrons. The van der Waals surface area contributed by atoms with Gasteiger partial charge in [-0.15, -0.1) is 0 Å². The zero-order valence-electron chi connectivity index (χ0n) is 15.8. The molecule has 4 heteroatoms. The number of nitrogens with one attached hydrogen (secondary N) is 1. The van der Waals surface area contributed by atoms with E-state index in [2.05, 4.69) is 5.32 Å². The van der Waals surface area contributed by atoms with Crippen LogP contribution in [0, 0.1) is 6.92 Å².